The molecule has 0 spiro atoms. The minimum absolute atomic E-state index is 0.660. The standard InChI is InChI=1S/C58H36N4S/c1-4-16-38(17-5-1)54-36-49-57(63-54)56(39-18-6-2-7-19-39)60-58(59-49)62-52-31-29-43(35-48(52)55-45-24-11-10-15-37(45)27-32-53(55)62)41-21-14-20-40(33-41)42-28-30-51-47(34-42)46-25-12-13-26-50(46)61(51)44-22-8-3-9-23-44/h1-36H. The Bertz CT molecular complexity index is 3900. The second kappa shape index (κ2) is 14.2. The van der Waals surface area contributed by atoms with Crippen molar-refractivity contribution in [1.82, 2.24) is 19.1 Å². The molecule has 5 heteroatoms. The van der Waals surface area contributed by atoms with E-state index < -0.39 is 0 Å². The highest BCUT2D eigenvalue weighted by Gasteiger charge is 2.21. The van der Waals surface area contributed by atoms with Crippen LogP contribution in [-0.4, -0.2) is 19.1 Å². The van der Waals surface area contributed by atoms with Crippen LogP contribution in [0.1, 0.15) is 0 Å². The average Bonchev–Trinajstić information content (AvgIpc) is 4.05. The van der Waals surface area contributed by atoms with Crippen LogP contribution in [0.3, 0.4) is 0 Å². The smallest absolute Gasteiger partial charge is 0.235 e. The van der Waals surface area contributed by atoms with E-state index in [9.17, 15) is 0 Å². The lowest BCUT2D eigenvalue weighted by molar-refractivity contribution is 1.02. The molecule has 0 saturated carbocycles. The SMILES string of the molecule is c1ccc(-c2cc3nc(-n4c5ccc(-c6cccc(-c7ccc8c(c7)c7ccccc7n8-c7ccccc7)c6)cc5c5c6ccccc6ccc54)nc(-c4ccccc4)c3s2)cc1. The minimum Gasteiger partial charge on any atom is -0.309 e. The van der Waals surface area contributed by atoms with E-state index in [1.807, 2.05) is 0 Å². The molecule has 0 aliphatic carbocycles. The van der Waals surface area contributed by atoms with Gasteiger partial charge in [0.15, 0.2) is 0 Å². The summed E-state index contributed by atoms with van der Waals surface area (Å²) in [7, 11) is 0. The monoisotopic (exact) mass is 820 g/mol. The maximum absolute atomic E-state index is 5.45. The minimum atomic E-state index is 0.660. The van der Waals surface area contributed by atoms with Gasteiger partial charge in [-0.05, 0) is 99.3 Å². The van der Waals surface area contributed by atoms with Gasteiger partial charge < -0.3 is 4.57 Å². The van der Waals surface area contributed by atoms with Gasteiger partial charge >= 0.3 is 0 Å². The van der Waals surface area contributed by atoms with Gasteiger partial charge in [-0.3, -0.25) is 4.57 Å². The number of hydrogen-bond acceptors (Lipinski definition) is 3. The van der Waals surface area contributed by atoms with Crippen LogP contribution in [0.25, 0.3) is 120 Å². The van der Waals surface area contributed by atoms with Crippen molar-refractivity contribution >= 4 is 75.9 Å². The number of hydrogen-bond donors (Lipinski definition) is 0. The molecule has 0 aliphatic heterocycles. The zero-order valence-electron chi connectivity index (χ0n) is 34.0. The Morgan fingerprint density at radius 2 is 0.921 bits per heavy atom. The molecule has 0 N–H and O–H groups in total. The van der Waals surface area contributed by atoms with E-state index >= 15 is 0 Å². The van der Waals surface area contributed by atoms with Gasteiger partial charge in [-0.25, -0.2) is 9.97 Å². The molecule has 4 heterocycles. The lowest BCUT2D eigenvalue weighted by Gasteiger charge is -2.10. The van der Waals surface area contributed by atoms with Crippen molar-refractivity contribution in [2.75, 3.05) is 0 Å². The van der Waals surface area contributed by atoms with Gasteiger partial charge in [0.1, 0.15) is 0 Å². The molecular weight excluding hydrogens is 785 g/mol. The Morgan fingerprint density at radius 3 is 1.68 bits per heavy atom. The highest BCUT2D eigenvalue weighted by Crippen LogP contribution is 2.42. The molecule has 13 aromatic rings. The van der Waals surface area contributed by atoms with Gasteiger partial charge in [0.2, 0.25) is 5.95 Å². The van der Waals surface area contributed by atoms with Crippen molar-refractivity contribution in [3.63, 3.8) is 0 Å². The van der Waals surface area contributed by atoms with Crippen LogP contribution in [0, 0.1) is 0 Å². The first-order chi connectivity index (χ1) is 31.2. The van der Waals surface area contributed by atoms with Crippen LogP contribution in [0.5, 0.6) is 0 Å². The molecule has 0 saturated heterocycles. The molecule has 0 aliphatic rings. The summed E-state index contributed by atoms with van der Waals surface area (Å²) in [6, 6.07) is 78.6. The molecule has 0 radical (unpaired) electrons. The lowest BCUT2D eigenvalue weighted by Crippen LogP contribution is -2.02. The second-order valence-electron chi connectivity index (χ2n) is 16.2. The van der Waals surface area contributed by atoms with Crippen LogP contribution in [0.4, 0.5) is 0 Å². The number of para-hydroxylation sites is 2. The molecule has 4 nitrogen and oxygen atoms in total. The van der Waals surface area contributed by atoms with Crippen molar-refractivity contribution in [1.29, 1.82) is 0 Å². The average molecular weight is 821 g/mol. The van der Waals surface area contributed by atoms with Crippen LogP contribution in [0.2, 0.25) is 0 Å². The second-order valence-corrected chi connectivity index (χ2v) is 17.2. The molecular formula is C58H36N4S. The Kier molecular flexibility index (Phi) is 8.05. The van der Waals surface area contributed by atoms with E-state index in [4.69, 9.17) is 9.97 Å². The Balaban J connectivity index is 0.988. The van der Waals surface area contributed by atoms with E-state index in [1.165, 1.54) is 64.9 Å². The summed E-state index contributed by atoms with van der Waals surface area (Å²) in [4.78, 5) is 12.0. The number of aromatic nitrogens is 4. The largest absolute Gasteiger partial charge is 0.309 e. The van der Waals surface area contributed by atoms with Gasteiger partial charge in [-0.15, -0.1) is 11.3 Å². The molecule has 13 rings (SSSR count). The summed E-state index contributed by atoms with van der Waals surface area (Å²) < 4.78 is 5.72. The topological polar surface area (TPSA) is 35.6 Å². The Labute approximate surface area is 367 Å². The van der Waals surface area contributed by atoms with E-state index in [-0.39, 0.29) is 0 Å². The van der Waals surface area contributed by atoms with E-state index in [2.05, 4.69) is 228 Å². The fraction of sp³-hybridized carbons (Fsp3) is 0. The van der Waals surface area contributed by atoms with E-state index in [1.54, 1.807) is 11.3 Å². The van der Waals surface area contributed by atoms with Crippen LogP contribution in [-0.2, 0) is 0 Å². The molecule has 4 aromatic heterocycles. The van der Waals surface area contributed by atoms with Crippen LogP contribution in [0.15, 0.2) is 218 Å². The summed E-state index contributed by atoms with van der Waals surface area (Å²) in [5.74, 6) is 0.660. The fourth-order valence-corrected chi connectivity index (χ4v) is 10.7. The van der Waals surface area contributed by atoms with Crippen LogP contribution < -0.4 is 0 Å². The van der Waals surface area contributed by atoms with Crippen LogP contribution >= 0.6 is 11.3 Å². The zero-order chi connectivity index (χ0) is 41.4. The molecule has 0 unspecified atom stereocenters. The van der Waals surface area contributed by atoms with Gasteiger partial charge in [-0.1, -0.05) is 158 Å². The predicted molar refractivity (Wildman–Crippen MR) is 265 cm³/mol. The van der Waals surface area contributed by atoms with Gasteiger partial charge in [0.05, 0.1) is 38.0 Å². The Morgan fingerprint density at radius 1 is 0.349 bits per heavy atom. The fourth-order valence-electron chi connectivity index (χ4n) is 9.63. The van der Waals surface area contributed by atoms with Crippen molar-refractivity contribution in [3.8, 4) is 55.6 Å². The predicted octanol–water partition coefficient (Wildman–Crippen LogP) is 15.7. The molecule has 0 atom stereocenters. The maximum Gasteiger partial charge on any atom is 0.235 e. The summed E-state index contributed by atoms with van der Waals surface area (Å²) >= 11 is 1.75. The Hall–Kier alpha value is -8.12. The first-order valence-electron chi connectivity index (χ1n) is 21.3. The van der Waals surface area contributed by atoms with Crippen molar-refractivity contribution in [2.24, 2.45) is 0 Å². The van der Waals surface area contributed by atoms with Gasteiger partial charge in [0.25, 0.3) is 0 Å². The highest BCUT2D eigenvalue weighted by atomic mass is 32.1. The lowest BCUT2D eigenvalue weighted by atomic mass is 9.96. The van der Waals surface area contributed by atoms with E-state index in [0.717, 1.165) is 49.3 Å². The molecule has 0 fully saturated rings. The van der Waals surface area contributed by atoms with E-state index in [0.29, 0.717) is 5.95 Å². The van der Waals surface area contributed by atoms with Gasteiger partial charge in [0, 0.05) is 37.7 Å². The highest BCUT2D eigenvalue weighted by molar-refractivity contribution is 7.22. The normalized spacial score (nSPS) is 11.8. The summed E-state index contributed by atoms with van der Waals surface area (Å²) in [5, 5.41) is 7.26. The third-order valence-electron chi connectivity index (χ3n) is 12.5. The maximum atomic E-state index is 5.45. The first-order valence-corrected chi connectivity index (χ1v) is 22.1. The molecule has 0 amide bonds. The molecule has 0 bridgehead atoms. The molecule has 9 aromatic carbocycles. The number of fused-ring (bicyclic) bond motifs is 9. The number of rotatable bonds is 6. The number of benzene rings is 9. The molecule has 63 heavy (non-hydrogen) atoms. The summed E-state index contributed by atoms with van der Waals surface area (Å²) in [6.07, 6.45) is 0. The zero-order valence-corrected chi connectivity index (χ0v) is 34.8. The van der Waals surface area contributed by atoms with Crippen molar-refractivity contribution in [2.45, 2.75) is 0 Å². The van der Waals surface area contributed by atoms with Crippen molar-refractivity contribution in [3.05, 3.63) is 218 Å². The molecule has 294 valence electrons. The third-order valence-corrected chi connectivity index (χ3v) is 13.7. The van der Waals surface area contributed by atoms with Gasteiger partial charge in [-0.2, -0.15) is 0 Å². The number of thiophene rings is 1. The quantitative estimate of drug-likeness (QED) is 0.167. The third kappa shape index (κ3) is 5.74. The summed E-state index contributed by atoms with van der Waals surface area (Å²) in [5.41, 5.74) is 14.5. The number of nitrogens with zero attached hydrogens (tertiary/aromatic N) is 4. The summed E-state index contributed by atoms with van der Waals surface area (Å²) in [6.45, 7) is 0. The van der Waals surface area contributed by atoms with Crippen molar-refractivity contribution < 1.29 is 0 Å². The first kappa shape index (κ1) is 35.6.